The van der Waals surface area contributed by atoms with Crippen LogP contribution in [0.3, 0.4) is 0 Å². The molecule has 4 nitrogen and oxygen atoms in total. The first kappa shape index (κ1) is 18.7. The molecule has 2 amide bonds. The van der Waals surface area contributed by atoms with Crippen molar-refractivity contribution < 1.29 is 22.8 Å². The standard InChI is InChI=1S/C22H15F3N2O2/c1-26-21(28)11-2-5-19(24)18(6-11)16-7-12-10-27-22(29)15(12)9-17(16)14-4-3-13(23)8-20(14)25/h2-9H,10H2,1H3,(H,26,28)(H,27,29). The molecule has 7 heteroatoms. The lowest BCUT2D eigenvalue weighted by atomic mass is 9.89. The number of hydrogen-bond acceptors (Lipinski definition) is 2. The lowest BCUT2D eigenvalue weighted by Gasteiger charge is -2.15. The van der Waals surface area contributed by atoms with Gasteiger partial charge in [-0.15, -0.1) is 0 Å². The van der Waals surface area contributed by atoms with E-state index in [4.69, 9.17) is 0 Å². The zero-order valence-electron chi connectivity index (χ0n) is 15.3. The molecule has 0 radical (unpaired) electrons. The van der Waals surface area contributed by atoms with Gasteiger partial charge in [-0.3, -0.25) is 9.59 Å². The molecule has 3 aromatic carbocycles. The molecule has 0 aliphatic carbocycles. The molecule has 1 heterocycles. The first-order valence-corrected chi connectivity index (χ1v) is 8.81. The lowest BCUT2D eigenvalue weighted by molar-refractivity contribution is 0.0956. The van der Waals surface area contributed by atoms with Crippen molar-refractivity contribution in [2.24, 2.45) is 0 Å². The molecule has 1 aliphatic heterocycles. The van der Waals surface area contributed by atoms with Crippen LogP contribution < -0.4 is 10.6 Å². The highest BCUT2D eigenvalue weighted by Gasteiger charge is 2.25. The van der Waals surface area contributed by atoms with Crippen molar-refractivity contribution in [2.75, 3.05) is 7.05 Å². The summed E-state index contributed by atoms with van der Waals surface area (Å²) in [6.45, 7) is 0.254. The Morgan fingerprint density at radius 1 is 0.862 bits per heavy atom. The quantitative estimate of drug-likeness (QED) is 0.702. The SMILES string of the molecule is CNC(=O)c1ccc(F)c(-c2cc3c(cc2-c2ccc(F)cc2F)C(=O)NC3)c1. The Bertz CT molecular complexity index is 1170. The van der Waals surface area contributed by atoms with Crippen LogP contribution in [0.5, 0.6) is 0 Å². The minimum atomic E-state index is -0.840. The zero-order chi connectivity index (χ0) is 20.7. The minimum Gasteiger partial charge on any atom is -0.355 e. The highest BCUT2D eigenvalue weighted by atomic mass is 19.1. The van der Waals surface area contributed by atoms with Crippen LogP contribution in [0.1, 0.15) is 26.3 Å². The summed E-state index contributed by atoms with van der Waals surface area (Å²) < 4.78 is 42.7. The van der Waals surface area contributed by atoms with Crippen molar-refractivity contribution in [3.8, 4) is 22.3 Å². The fourth-order valence-corrected chi connectivity index (χ4v) is 3.44. The summed E-state index contributed by atoms with van der Waals surface area (Å²) in [6, 6.07) is 9.98. The van der Waals surface area contributed by atoms with Crippen molar-refractivity contribution in [3.63, 3.8) is 0 Å². The summed E-state index contributed by atoms with van der Waals surface area (Å²) in [4.78, 5) is 24.1. The van der Waals surface area contributed by atoms with E-state index in [0.29, 0.717) is 16.7 Å². The molecule has 3 aromatic rings. The van der Waals surface area contributed by atoms with E-state index in [9.17, 15) is 22.8 Å². The summed E-state index contributed by atoms with van der Waals surface area (Å²) in [7, 11) is 1.46. The van der Waals surface area contributed by atoms with Crippen LogP contribution in [0, 0.1) is 17.5 Å². The van der Waals surface area contributed by atoms with Gasteiger partial charge in [-0.25, -0.2) is 13.2 Å². The summed E-state index contributed by atoms with van der Waals surface area (Å²) in [5.41, 5.74) is 1.82. The van der Waals surface area contributed by atoms with Crippen LogP contribution in [-0.2, 0) is 6.54 Å². The van der Waals surface area contributed by atoms with E-state index in [1.165, 1.54) is 31.3 Å². The summed E-state index contributed by atoms with van der Waals surface area (Å²) in [6.07, 6.45) is 0. The van der Waals surface area contributed by atoms with Gasteiger partial charge in [-0.1, -0.05) is 0 Å². The molecule has 0 saturated carbocycles. The first-order chi connectivity index (χ1) is 13.9. The van der Waals surface area contributed by atoms with Crippen molar-refractivity contribution in [2.45, 2.75) is 6.54 Å². The van der Waals surface area contributed by atoms with Crippen LogP contribution in [0.25, 0.3) is 22.3 Å². The van der Waals surface area contributed by atoms with Gasteiger partial charge in [0.25, 0.3) is 11.8 Å². The number of rotatable bonds is 3. The van der Waals surface area contributed by atoms with Gasteiger partial charge in [0.15, 0.2) is 0 Å². The van der Waals surface area contributed by atoms with Gasteiger partial charge in [-0.2, -0.15) is 0 Å². The van der Waals surface area contributed by atoms with E-state index in [1.807, 2.05) is 0 Å². The van der Waals surface area contributed by atoms with Crippen LogP contribution in [-0.4, -0.2) is 18.9 Å². The number of amides is 2. The van der Waals surface area contributed by atoms with Gasteiger partial charge < -0.3 is 10.6 Å². The third kappa shape index (κ3) is 3.24. The van der Waals surface area contributed by atoms with E-state index >= 15 is 0 Å². The molecule has 0 bridgehead atoms. The zero-order valence-corrected chi connectivity index (χ0v) is 15.3. The van der Waals surface area contributed by atoms with E-state index in [-0.39, 0.29) is 34.7 Å². The number of halogens is 3. The third-order valence-corrected chi connectivity index (χ3v) is 4.89. The Kier molecular flexibility index (Phi) is 4.58. The van der Waals surface area contributed by atoms with Gasteiger partial charge >= 0.3 is 0 Å². The van der Waals surface area contributed by atoms with Crippen molar-refractivity contribution in [1.29, 1.82) is 0 Å². The summed E-state index contributed by atoms with van der Waals surface area (Å²) in [5, 5.41) is 5.14. The number of fused-ring (bicyclic) bond motifs is 1. The fraction of sp³-hybridized carbons (Fsp3) is 0.0909. The minimum absolute atomic E-state index is 0.0219. The smallest absolute Gasteiger partial charge is 0.251 e. The summed E-state index contributed by atoms with van der Waals surface area (Å²) in [5.74, 6) is -2.93. The average molecular weight is 396 g/mol. The van der Waals surface area contributed by atoms with Crippen LogP contribution >= 0.6 is 0 Å². The number of benzene rings is 3. The molecule has 0 fully saturated rings. The normalized spacial score (nSPS) is 12.5. The first-order valence-electron chi connectivity index (χ1n) is 8.81. The Balaban J connectivity index is 2.01. The second kappa shape index (κ2) is 7.09. The molecule has 2 N–H and O–H groups in total. The molecule has 29 heavy (non-hydrogen) atoms. The van der Waals surface area contributed by atoms with Gasteiger partial charge in [0.05, 0.1) is 0 Å². The van der Waals surface area contributed by atoms with Crippen LogP contribution in [0.2, 0.25) is 0 Å². The second-order valence-electron chi connectivity index (χ2n) is 6.64. The van der Waals surface area contributed by atoms with E-state index in [2.05, 4.69) is 10.6 Å². The van der Waals surface area contributed by atoms with Crippen molar-refractivity contribution in [3.05, 3.63) is 82.7 Å². The molecule has 0 unspecified atom stereocenters. The maximum Gasteiger partial charge on any atom is 0.251 e. The molecule has 146 valence electrons. The number of nitrogens with one attached hydrogen (secondary N) is 2. The maximum absolute atomic E-state index is 14.7. The topological polar surface area (TPSA) is 58.2 Å². The highest BCUT2D eigenvalue weighted by Crippen LogP contribution is 2.38. The van der Waals surface area contributed by atoms with Crippen LogP contribution in [0.15, 0.2) is 48.5 Å². The van der Waals surface area contributed by atoms with E-state index < -0.39 is 23.4 Å². The van der Waals surface area contributed by atoms with E-state index in [0.717, 1.165) is 18.2 Å². The van der Waals surface area contributed by atoms with Gasteiger partial charge in [-0.05, 0) is 59.2 Å². The number of hydrogen-bond donors (Lipinski definition) is 2. The number of carbonyl (C=O) groups is 2. The van der Waals surface area contributed by atoms with E-state index in [1.54, 1.807) is 6.07 Å². The molecule has 0 aromatic heterocycles. The van der Waals surface area contributed by atoms with Crippen molar-refractivity contribution >= 4 is 11.8 Å². The molecule has 0 spiro atoms. The Hall–Kier alpha value is -3.61. The molecular weight excluding hydrogens is 381 g/mol. The average Bonchev–Trinajstić information content (AvgIpc) is 3.07. The Morgan fingerprint density at radius 3 is 2.34 bits per heavy atom. The maximum atomic E-state index is 14.7. The van der Waals surface area contributed by atoms with Crippen LogP contribution in [0.4, 0.5) is 13.2 Å². The van der Waals surface area contributed by atoms with Gasteiger partial charge in [0, 0.05) is 41.9 Å². The summed E-state index contributed by atoms with van der Waals surface area (Å²) >= 11 is 0. The Morgan fingerprint density at radius 2 is 1.62 bits per heavy atom. The molecular formula is C22H15F3N2O2. The largest absolute Gasteiger partial charge is 0.355 e. The fourth-order valence-electron chi connectivity index (χ4n) is 3.44. The predicted molar refractivity (Wildman–Crippen MR) is 102 cm³/mol. The molecule has 0 saturated heterocycles. The molecule has 4 rings (SSSR count). The Labute approximate surface area is 164 Å². The van der Waals surface area contributed by atoms with Gasteiger partial charge in [0.2, 0.25) is 0 Å². The molecule has 0 atom stereocenters. The van der Waals surface area contributed by atoms with Crippen molar-refractivity contribution in [1.82, 2.24) is 10.6 Å². The van der Waals surface area contributed by atoms with Gasteiger partial charge in [0.1, 0.15) is 17.5 Å². The highest BCUT2D eigenvalue weighted by molar-refractivity contribution is 6.02. The molecule has 1 aliphatic rings. The number of carbonyl (C=O) groups excluding carboxylic acids is 2. The third-order valence-electron chi connectivity index (χ3n) is 4.89. The lowest BCUT2D eigenvalue weighted by Crippen LogP contribution is -2.17. The monoisotopic (exact) mass is 396 g/mol. The predicted octanol–water partition coefficient (Wildman–Crippen LogP) is 4.04. The second-order valence-corrected chi connectivity index (χ2v) is 6.64.